The first-order valence-corrected chi connectivity index (χ1v) is 7.31. The molecular weight excluding hydrogens is 252 g/mol. The maximum atomic E-state index is 11.1. The maximum absolute atomic E-state index is 11.1. The average Bonchev–Trinajstić information content (AvgIpc) is 2.49. The molecule has 0 aromatic heterocycles. The fraction of sp³-hybridized carbons (Fsp3) is 0.562. The molecule has 0 spiro atoms. The van der Waals surface area contributed by atoms with Gasteiger partial charge in [-0.25, -0.2) is 0 Å². The van der Waals surface area contributed by atoms with Gasteiger partial charge in [0.05, 0.1) is 0 Å². The van der Waals surface area contributed by atoms with E-state index in [0.717, 1.165) is 25.1 Å². The van der Waals surface area contributed by atoms with Gasteiger partial charge in [-0.3, -0.25) is 4.79 Å². The maximum Gasteiger partial charge on any atom is 0.257 e. The molecule has 0 aliphatic heterocycles. The molecule has 2 N–H and O–H groups in total. The van der Waals surface area contributed by atoms with Crippen LogP contribution in [0.2, 0.25) is 0 Å². The molecule has 0 bridgehead atoms. The van der Waals surface area contributed by atoms with Crippen molar-refractivity contribution >= 4 is 5.91 Å². The molecule has 1 aromatic rings. The lowest BCUT2D eigenvalue weighted by Gasteiger charge is -2.13. The van der Waals surface area contributed by atoms with Crippen LogP contribution in [0.3, 0.4) is 0 Å². The van der Waals surface area contributed by atoms with Gasteiger partial charge in [-0.05, 0) is 50.4 Å². The van der Waals surface area contributed by atoms with Crippen molar-refractivity contribution in [1.29, 1.82) is 0 Å². The highest BCUT2D eigenvalue weighted by Gasteiger charge is 2.03. The number of likely N-dealkylation sites (N-methyl/N-ethyl adjacent to an activating group) is 1. The minimum Gasteiger partial charge on any atom is -0.484 e. The highest BCUT2D eigenvalue weighted by atomic mass is 16.5. The van der Waals surface area contributed by atoms with Crippen molar-refractivity contribution in [3.05, 3.63) is 29.8 Å². The summed E-state index contributed by atoms with van der Waals surface area (Å²) < 4.78 is 5.37. The minimum absolute atomic E-state index is 0.0633. The Balaban J connectivity index is 2.33. The summed E-state index contributed by atoms with van der Waals surface area (Å²) in [6.45, 7) is 5.54. The largest absolute Gasteiger partial charge is 0.484 e. The molecule has 0 aliphatic rings. The van der Waals surface area contributed by atoms with E-state index in [1.54, 1.807) is 7.05 Å². The van der Waals surface area contributed by atoms with E-state index in [1.807, 2.05) is 12.1 Å². The Hall–Kier alpha value is -1.55. The van der Waals surface area contributed by atoms with E-state index in [4.69, 9.17) is 4.74 Å². The fourth-order valence-corrected chi connectivity index (χ4v) is 1.85. The molecule has 20 heavy (non-hydrogen) atoms. The van der Waals surface area contributed by atoms with Crippen molar-refractivity contribution in [3.8, 4) is 5.75 Å². The lowest BCUT2D eigenvalue weighted by Crippen LogP contribution is -2.27. The summed E-state index contributed by atoms with van der Waals surface area (Å²) >= 11 is 0. The first kappa shape index (κ1) is 16.5. The monoisotopic (exact) mass is 278 g/mol. The van der Waals surface area contributed by atoms with E-state index in [9.17, 15) is 4.79 Å². The quantitative estimate of drug-likeness (QED) is 0.727. The Bertz CT molecular complexity index is 390. The van der Waals surface area contributed by atoms with Crippen LogP contribution >= 0.6 is 0 Å². The highest BCUT2D eigenvalue weighted by Crippen LogP contribution is 2.13. The molecule has 0 aliphatic carbocycles. The van der Waals surface area contributed by atoms with E-state index in [-0.39, 0.29) is 12.5 Å². The first-order valence-electron chi connectivity index (χ1n) is 7.31. The van der Waals surface area contributed by atoms with Gasteiger partial charge in [-0.1, -0.05) is 19.1 Å². The third kappa shape index (κ3) is 6.57. The van der Waals surface area contributed by atoms with Gasteiger partial charge in [0.15, 0.2) is 6.61 Å². The van der Waals surface area contributed by atoms with Crippen LogP contribution in [-0.2, 0) is 11.2 Å². The fourth-order valence-electron chi connectivity index (χ4n) is 1.85. The molecule has 0 saturated heterocycles. The van der Waals surface area contributed by atoms with Crippen molar-refractivity contribution in [2.45, 2.75) is 39.2 Å². The van der Waals surface area contributed by atoms with Crippen LogP contribution in [0, 0.1) is 0 Å². The van der Waals surface area contributed by atoms with Crippen LogP contribution in [0.4, 0.5) is 0 Å². The van der Waals surface area contributed by atoms with Gasteiger partial charge >= 0.3 is 0 Å². The van der Waals surface area contributed by atoms with Crippen LogP contribution in [0.15, 0.2) is 24.3 Å². The van der Waals surface area contributed by atoms with Crippen LogP contribution < -0.4 is 15.4 Å². The summed E-state index contributed by atoms with van der Waals surface area (Å²) in [6.07, 6.45) is 3.34. The molecule has 1 rings (SSSR count). The standard InChI is InChI=1S/C16H26N2O2/c1-4-11-18-13(2)5-6-14-7-9-15(10-8-14)20-12-16(19)17-3/h7-10,13,18H,4-6,11-12H2,1-3H3,(H,17,19). The van der Waals surface area contributed by atoms with Gasteiger partial charge in [0.2, 0.25) is 0 Å². The summed E-state index contributed by atoms with van der Waals surface area (Å²) in [6, 6.07) is 8.50. The second-order valence-corrected chi connectivity index (χ2v) is 5.00. The number of nitrogens with one attached hydrogen (secondary N) is 2. The molecule has 4 nitrogen and oxygen atoms in total. The van der Waals surface area contributed by atoms with E-state index in [0.29, 0.717) is 6.04 Å². The normalized spacial score (nSPS) is 11.9. The molecule has 1 atom stereocenters. The molecule has 112 valence electrons. The Labute approximate surface area is 121 Å². The molecule has 0 fully saturated rings. The molecule has 4 heteroatoms. The van der Waals surface area contributed by atoms with Crippen molar-refractivity contribution in [1.82, 2.24) is 10.6 Å². The summed E-state index contributed by atoms with van der Waals surface area (Å²) in [4.78, 5) is 11.1. The van der Waals surface area contributed by atoms with Gasteiger partial charge in [-0.2, -0.15) is 0 Å². The molecule has 1 amide bonds. The van der Waals surface area contributed by atoms with Crippen molar-refractivity contribution < 1.29 is 9.53 Å². The summed E-state index contributed by atoms with van der Waals surface area (Å²) in [5.74, 6) is 0.611. The minimum atomic E-state index is -0.120. The summed E-state index contributed by atoms with van der Waals surface area (Å²) in [5, 5.41) is 6.01. The third-order valence-electron chi connectivity index (χ3n) is 3.18. The number of rotatable bonds is 9. The van der Waals surface area contributed by atoms with Crippen LogP contribution in [0.25, 0.3) is 0 Å². The van der Waals surface area contributed by atoms with Crippen molar-refractivity contribution in [2.75, 3.05) is 20.2 Å². The SMILES string of the molecule is CCCNC(C)CCc1ccc(OCC(=O)NC)cc1. The van der Waals surface area contributed by atoms with E-state index in [2.05, 4.69) is 36.6 Å². The smallest absolute Gasteiger partial charge is 0.257 e. The van der Waals surface area contributed by atoms with Gasteiger partial charge in [0.1, 0.15) is 5.75 Å². The van der Waals surface area contributed by atoms with Crippen LogP contribution in [0.1, 0.15) is 32.3 Å². The first-order chi connectivity index (χ1) is 9.65. The lowest BCUT2D eigenvalue weighted by molar-refractivity contribution is -0.122. The Morgan fingerprint density at radius 1 is 1.30 bits per heavy atom. The van der Waals surface area contributed by atoms with Crippen molar-refractivity contribution in [2.24, 2.45) is 0 Å². The topological polar surface area (TPSA) is 50.4 Å². The molecule has 0 saturated carbocycles. The number of carbonyl (C=O) groups is 1. The van der Waals surface area contributed by atoms with Gasteiger partial charge in [0.25, 0.3) is 5.91 Å². The second kappa shape index (κ2) is 9.37. The third-order valence-corrected chi connectivity index (χ3v) is 3.18. The Morgan fingerprint density at radius 2 is 2.00 bits per heavy atom. The van der Waals surface area contributed by atoms with Crippen molar-refractivity contribution in [3.63, 3.8) is 0 Å². The Kier molecular flexibility index (Phi) is 7.73. The van der Waals surface area contributed by atoms with E-state index < -0.39 is 0 Å². The van der Waals surface area contributed by atoms with E-state index >= 15 is 0 Å². The highest BCUT2D eigenvalue weighted by molar-refractivity contribution is 5.77. The molecular formula is C16H26N2O2. The number of ether oxygens (including phenoxy) is 1. The number of aryl methyl sites for hydroxylation is 1. The van der Waals surface area contributed by atoms with Gasteiger partial charge in [0, 0.05) is 13.1 Å². The molecule has 0 radical (unpaired) electrons. The number of amides is 1. The number of benzene rings is 1. The number of carbonyl (C=O) groups excluding carboxylic acids is 1. The molecule has 0 heterocycles. The lowest BCUT2D eigenvalue weighted by atomic mass is 10.1. The zero-order valence-electron chi connectivity index (χ0n) is 12.7. The zero-order valence-corrected chi connectivity index (χ0v) is 12.7. The predicted octanol–water partition coefficient (Wildman–Crippen LogP) is 2.13. The zero-order chi connectivity index (χ0) is 14.8. The predicted molar refractivity (Wildman–Crippen MR) is 82.1 cm³/mol. The number of hydrogen-bond acceptors (Lipinski definition) is 3. The van der Waals surface area contributed by atoms with Crippen LogP contribution in [-0.4, -0.2) is 32.1 Å². The van der Waals surface area contributed by atoms with Crippen LogP contribution in [0.5, 0.6) is 5.75 Å². The molecule has 1 unspecified atom stereocenters. The Morgan fingerprint density at radius 3 is 2.60 bits per heavy atom. The summed E-state index contributed by atoms with van der Waals surface area (Å²) in [5.41, 5.74) is 1.29. The average molecular weight is 278 g/mol. The number of hydrogen-bond donors (Lipinski definition) is 2. The second-order valence-electron chi connectivity index (χ2n) is 5.00. The van der Waals surface area contributed by atoms with Gasteiger partial charge in [-0.15, -0.1) is 0 Å². The van der Waals surface area contributed by atoms with E-state index in [1.165, 1.54) is 12.0 Å². The summed E-state index contributed by atoms with van der Waals surface area (Å²) in [7, 11) is 1.60. The van der Waals surface area contributed by atoms with Gasteiger partial charge < -0.3 is 15.4 Å². The molecule has 1 aromatic carbocycles.